The van der Waals surface area contributed by atoms with Gasteiger partial charge in [-0.25, -0.2) is 9.48 Å². The van der Waals surface area contributed by atoms with Crippen LogP contribution in [0.4, 0.5) is 5.69 Å². The highest BCUT2D eigenvalue weighted by molar-refractivity contribution is 5.91. The zero-order chi connectivity index (χ0) is 15.0. The van der Waals surface area contributed by atoms with Crippen molar-refractivity contribution in [1.82, 2.24) is 15.0 Å². The van der Waals surface area contributed by atoms with E-state index in [1.807, 2.05) is 0 Å². The van der Waals surface area contributed by atoms with Gasteiger partial charge in [0.1, 0.15) is 0 Å². The third-order valence-electron chi connectivity index (χ3n) is 3.31. The van der Waals surface area contributed by atoms with Crippen LogP contribution in [0.1, 0.15) is 29.2 Å². The molecule has 0 spiro atoms. The SMILES string of the molecule is COC(=O)c1cc(-c2cnnn2C2CC2)cc([N+](=O)[O-])c1. The number of nitrogens with zero attached hydrogens (tertiary/aromatic N) is 4. The third kappa shape index (κ3) is 2.47. The summed E-state index contributed by atoms with van der Waals surface area (Å²) < 4.78 is 6.37. The molecule has 21 heavy (non-hydrogen) atoms. The number of rotatable bonds is 4. The number of nitro benzene ring substituents is 1. The minimum absolute atomic E-state index is 0.130. The molecule has 1 aliphatic carbocycles. The Hall–Kier alpha value is -2.77. The average molecular weight is 288 g/mol. The molecule has 1 fully saturated rings. The molecule has 8 nitrogen and oxygen atoms in total. The van der Waals surface area contributed by atoms with Crippen LogP contribution in [0, 0.1) is 10.1 Å². The number of carbonyl (C=O) groups is 1. The molecule has 1 aromatic heterocycles. The maximum atomic E-state index is 11.7. The number of ether oxygens (including phenoxy) is 1. The van der Waals surface area contributed by atoms with E-state index < -0.39 is 10.9 Å². The van der Waals surface area contributed by atoms with Crippen molar-refractivity contribution in [2.24, 2.45) is 0 Å². The molecule has 0 saturated heterocycles. The number of non-ortho nitro benzene ring substituents is 1. The molecule has 0 atom stereocenters. The molecule has 1 saturated carbocycles. The second-order valence-electron chi connectivity index (χ2n) is 4.81. The summed E-state index contributed by atoms with van der Waals surface area (Å²) in [7, 11) is 1.23. The number of nitro groups is 1. The van der Waals surface area contributed by atoms with E-state index in [0.29, 0.717) is 11.3 Å². The van der Waals surface area contributed by atoms with Crippen LogP contribution in [0.5, 0.6) is 0 Å². The highest BCUT2D eigenvalue weighted by Gasteiger charge is 2.28. The van der Waals surface area contributed by atoms with Crippen molar-refractivity contribution in [3.63, 3.8) is 0 Å². The predicted molar refractivity (Wildman–Crippen MR) is 71.7 cm³/mol. The number of hydrogen-bond donors (Lipinski definition) is 0. The van der Waals surface area contributed by atoms with Crippen molar-refractivity contribution in [3.05, 3.63) is 40.1 Å². The van der Waals surface area contributed by atoms with Crippen LogP contribution in [0.2, 0.25) is 0 Å². The first kappa shape index (κ1) is 13.2. The Labute approximate surface area is 119 Å². The van der Waals surface area contributed by atoms with Gasteiger partial charge in [0, 0.05) is 17.7 Å². The lowest BCUT2D eigenvalue weighted by atomic mass is 10.1. The summed E-state index contributed by atoms with van der Waals surface area (Å²) in [6, 6.07) is 4.43. The van der Waals surface area contributed by atoms with Crippen LogP contribution in [-0.4, -0.2) is 33.0 Å². The Morgan fingerprint density at radius 1 is 1.43 bits per heavy atom. The zero-order valence-electron chi connectivity index (χ0n) is 11.2. The Bertz CT molecular complexity index is 721. The molecule has 0 bridgehead atoms. The predicted octanol–water partition coefficient (Wildman–Crippen LogP) is 1.97. The quantitative estimate of drug-likeness (QED) is 0.484. The van der Waals surface area contributed by atoms with Crippen molar-refractivity contribution in [3.8, 4) is 11.3 Å². The summed E-state index contributed by atoms with van der Waals surface area (Å²) >= 11 is 0. The van der Waals surface area contributed by atoms with E-state index in [9.17, 15) is 14.9 Å². The van der Waals surface area contributed by atoms with Crippen molar-refractivity contribution < 1.29 is 14.5 Å². The molecule has 0 radical (unpaired) electrons. The van der Waals surface area contributed by atoms with Crippen LogP contribution in [0.3, 0.4) is 0 Å². The highest BCUT2D eigenvalue weighted by Crippen LogP contribution is 2.38. The molecule has 8 heteroatoms. The fourth-order valence-corrected chi connectivity index (χ4v) is 2.14. The van der Waals surface area contributed by atoms with Gasteiger partial charge in [-0.3, -0.25) is 10.1 Å². The number of methoxy groups -OCH3 is 1. The molecular weight excluding hydrogens is 276 g/mol. The molecule has 0 aliphatic heterocycles. The molecule has 0 unspecified atom stereocenters. The molecule has 1 aromatic carbocycles. The first-order valence-electron chi connectivity index (χ1n) is 6.38. The van der Waals surface area contributed by atoms with E-state index in [2.05, 4.69) is 15.0 Å². The van der Waals surface area contributed by atoms with Gasteiger partial charge in [0.2, 0.25) is 0 Å². The Morgan fingerprint density at radius 3 is 2.81 bits per heavy atom. The number of aromatic nitrogens is 3. The first-order chi connectivity index (χ1) is 10.1. The molecule has 108 valence electrons. The van der Waals surface area contributed by atoms with E-state index in [0.717, 1.165) is 12.8 Å². The maximum Gasteiger partial charge on any atom is 0.338 e. The van der Waals surface area contributed by atoms with Crippen molar-refractivity contribution in [1.29, 1.82) is 0 Å². The molecule has 0 amide bonds. The second kappa shape index (κ2) is 4.97. The van der Waals surface area contributed by atoms with Gasteiger partial charge in [0.15, 0.2) is 0 Å². The van der Waals surface area contributed by atoms with Gasteiger partial charge in [-0.1, -0.05) is 5.21 Å². The lowest BCUT2D eigenvalue weighted by Crippen LogP contribution is -2.04. The lowest BCUT2D eigenvalue weighted by Gasteiger charge is -2.06. The minimum atomic E-state index is -0.620. The van der Waals surface area contributed by atoms with Gasteiger partial charge >= 0.3 is 5.97 Å². The summed E-state index contributed by atoms with van der Waals surface area (Å²) in [4.78, 5) is 22.2. The fourth-order valence-electron chi connectivity index (χ4n) is 2.14. The average Bonchev–Trinajstić information content (AvgIpc) is 3.22. The Morgan fingerprint density at radius 2 is 2.19 bits per heavy atom. The molecule has 0 N–H and O–H groups in total. The molecule has 1 heterocycles. The number of esters is 1. The Kier molecular flexibility index (Phi) is 3.13. The van der Waals surface area contributed by atoms with E-state index >= 15 is 0 Å². The smallest absolute Gasteiger partial charge is 0.338 e. The van der Waals surface area contributed by atoms with E-state index in [1.54, 1.807) is 16.9 Å². The number of benzene rings is 1. The van der Waals surface area contributed by atoms with Crippen molar-refractivity contribution >= 4 is 11.7 Å². The molecule has 2 aromatic rings. The van der Waals surface area contributed by atoms with E-state index in [4.69, 9.17) is 0 Å². The summed E-state index contributed by atoms with van der Waals surface area (Å²) in [5.41, 5.74) is 1.15. The normalized spacial score (nSPS) is 14.0. The zero-order valence-corrected chi connectivity index (χ0v) is 11.2. The van der Waals surface area contributed by atoms with E-state index in [-0.39, 0.29) is 17.3 Å². The monoisotopic (exact) mass is 288 g/mol. The molecule has 3 rings (SSSR count). The molecule has 1 aliphatic rings. The standard InChI is InChI=1S/C13H12N4O4/c1-21-13(18)9-4-8(5-11(6-9)17(19)20)12-7-14-15-16(12)10-2-3-10/h4-7,10H,2-3H2,1H3. The third-order valence-corrected chi connectivity index (χ3v) is 3.31. The van der Waals surface area contributed by atoms with Crippen molar-refractivity contribution in [2.75, 3.05) is 7.11 Å². The summed E-state index contributed by atoms with van der Waals surface area (Å²) in [6.45, 7) is 0. The number of carbonyl (C=O) groups excluding carboxylic acids is 1. The van der Waals surface area contributed by atoms with Crippen LogP contribution in [-0.2, 0) is 4.74 Å². The van der Waals surface area contributed by atoms with Gasteiger partial charge in [-0.15, -0.1) is 5.10 Å². The van der Waals surface area contributed by atoms with Crippen LogP contribution in [0.15, 0.2) is 24.4 Å². The summed E-state index contributed by atoms with van der Waals surface area (Å²) in [5.74, 6) is -0.620. The van der Waals surface area contributed by atoms with Crippen molar-refractivity contribution in [2.45, 2.75) is 18.9 Å². The number of hydrogen-bond acceptors (Lipinski definition) is 6. The van der Waals surface area contributed by atoms with E-state index in [1.165, 1.54) is 19.2 Å². The maximum absolute atomic E-state index is 11.7. The second-order valence-corrected chi connectivity index (χ2v) is 4.81. The highest BCUT2D eigenvalue weighted by atomic mass is 16.6. The van der Waals surface area contributed by atoms with Crippen LogP contribution < -0.4 is 0 Å². The lowest BCUT2D eigenvalue weighted by molar-refractivity contribution is -0.384. The Balaban J connectivity index is 2.12. The van der Waals surface area contributed by atoms with Gasteiger partial charge in [-0.2, -0.15) is 0 Å². The topological polar surface area (TPSA) is 100 Å². The van der Waals surface area contributed by atoms with Gasteiger partial charge < -0.3 is 4.74 Å². The first-order valence-corrected chi connectivity index (χ1v) is 6.38. The summed E-state index contributed by atoms with van der Waals surface area (Å²) in [5, 5.41) is 18.9. The molecular formula is C13H12N4O4. The van der Waals surface area contributed by atoms with Crippen LogP contribution in [0.25, 0.3) is 11.3 Å². The fraction of sp³-hybridized carbons (Fsp3) is 0.308. The van der Waals surface area contributed by atoms with Crippen LogP contribution >= 0.6 is 0 Å². The largest absolute Gasteiger partial charge is 0.465 e. The van der Waals surface area contributed by atoms with Gasteiger partial charge in [0.05, 0.1) is 35.5 Å². The minimum Gasteiger partial charge on any atom is -0.465 e. The summed E-state index contributed by atoms with van der Waals surface area (Å²) in [6.07, 6.45) is 3.56. The van der Waals surface area contributed by atoms with Gasteiger partial charge in [0.25, 0.3) is 5.69 Å². The van der Waals surface area contributed by atoms with Gasteiger partial charge in [-0.05, 0) is 18.9 Å².